The number of hydrogen-bond acceptors (Lipinski definition) is 8. The van der Waals surface area contributed by atoms with E-state index in [2.05, 4.69) is 21.3 Å². The number of benzene rings is 1. The van der Waals surface area contributed by atoms with Crippen molar-refractivity contribution in [3.63, 3.8) is 0 Å². The molecule has 1 aromatic rings. The van der Waals surface area contributed by atoms with Gasteiger partial charge in [-0.3, -0.25) is 24.0 Å². The smallest absolute Gasteiger partial charge is 0.408 e. The van der Waals surface area contributed by atoms with Crippen molar-refractivity contribution in [2.75, 3.05) is 20.7 Å². The SMILES string of the molecule is CON(C)C(=O)C=C[C@H](CC1CCNC1=O)NC(=O)[C@H](CC(C)C)NC(=O)[C@@H](NC(=O)OCc1ccccc1)C(C)OC(C)(C)C. The number of nitrogens with one attached hydrogen (secondary N) is 4. The standard InChI is InChI=1S/C33H51N5O8/c1-21(2)18-26(30(41)35-25(14-15-27(39)38(7)44-8)19-24-16-17-34-29(24)40)36-31(42)28(22(3)46-33(4,5)6)37-32(43)45-20-23-12-10-9-11-13-23/h9-15,21-22,24-26,28H,16-20H2,1-8H3,(H,34,40)(H,35,41)(H,36,42)(H,37,43)/t22?,24?,25-,26+,28+/m1/s1. The number of rotatable bonds is 16. The maximum absolute atomic E-state index is 13.7. The fourth-order valence-corrected chi connectivity index (χ4v) is 4.92. The Morgan fingerprint density at radius 1 is 1.04 bits per heavy atom. The second-order valence-corrected chi connectivity index (χ2v) is 12.8. The molecule has 5 amide bonds. The summed E-state index contributed by atoms with van der Waals surface area (Å²) >= 11 is 0. The molecule has 46 heavy (non-hydrogen) atoms. The van der Waals surface area contributed by atoms with Gasteiger partial charge in [0, 0.05) is 31.6 Å². The van der Waals surface area contributed by atoms with Crippen LogP contribution in [0.1, 0.15) is 66.4 Å². The Bertz CT molecular complexity index is 1200. The molecule has 0 radical (unpaired) electrons. The van der Waals surface area contributed by atoms with Gasteiger partial charge in [0.05, 0.1) is 18.8 Å². The van der Waals surface area contributed by atoms with Gasteiger partial charge in [0.15, 0.2) is 0 Å². The Hall–Kier alpha value is -3.97. The summed E-state index contributed by atoms with van der Waals surface area (Å²) in [6.07, 6.45) is 2.32. The summed E-state index contributed by atoms with van der Waals surface area (Å²) < 4.78 is 11.4. The molecule has 1 aliphatic rings. The van der Waals surface area contributed by atoms with Crippen LogP contribution in [-0.4, -0.2) is 85.3 Å². The largest absolute Gasteiger partial charge is 0.445 e. The number of carbonyl (C=O) groups excluding carboxylic acids is 5. The monoisotopic (exact) mass is 645 g/mol. The number of likely N-dealkylation sites (N-methyl/N-ethyl adjacent to an activating group) is 1. The second-order valence-electron chi connectivity index (χ2n) is 12.8. The molecular formula is C33H51N5O8. The van der Waals surface area contributed by atoms with Crippen molar-refractivity contribution in [1.82, 2.24) is 26.3 Å². The van der Waals surface area contributed by atoms with E-state index in [-0.39, 0.29) is 37.2 Å². The van der Waals surface area contributed by atoms with Crippen LogP contribution in [0.2, 0.25) is 0 Å². The average molecular weight is 646 g/mol. The van der Waals surface area contributed by atoms with Gasteiger partial charge in [-0.25, -0.2) is 9.86 Å². The summed E-state index contributed by atoms with van der Waals surface area (Å²) in [7, 11) is 2.80. The Balaban J connectivity index is 2.24. The van der Waals surface area contributed by atoms with Crippen LogP contribution in [0.25, 0.3) is 0 Å². The van der Waals surface area contributed by atoms with Crippen LogP contribution in [0.3, 0.4) is 0 Å². The summed E-state index contributed by atoms with van der Waals surface area (Å²) in [5, 5.41) is 12.1. The predicted molar refractivity (Wildman–Crippen MR) is 172 cm³/mol. The predicted octanol–water partition coefficient (Wildman–Crippen LogP) is 2.60. The highest BCUT2D eigenvalue weighted by atomic mass is 16.7. The van der Waals surface area contributed by atoms with Crippen LogP contribution in [0.5, 0.6) is 0 Å². The van der Waals surface area contributed by atoms with Crippen molar-refractivity contribution in [2.24, 2.45) is 11.8 Å². The van der Waals surface area contributed by atoms with Crippen molar-refractivity contribution >= 4 is 29.7 Å². The highest BCUT2D eigenvalue weighted by molar-refractivity contribution is 5.92. The molecule has 1 aliphatic heterocycles. The molecule has 1 saturated heterocycles. The van der Waals surface area contributed by atoms with Crippen molar-refractivity contribution in [3.8, 4) is 0 Å². The lowest BCUT2D eigenvalue weighted by Gasteiger charge is -2.32. The molecule has 0 bridgehead atoms. The van der Waals surface area contributed by atoms with Gasteiger partial charge in [0.1, 0.15) is 18.7 Å². The third kappa shape index (κ3) is 13.6. The van der Waals surface area contributed by atoms with Gasteiger partial charge in [-0.1, -0.05) is 50.3 Å². The first-order chi connectivity index (χ1) is 21.6. The number of amides is 5. The van der Waals surface area contributed by atoms with Crippen LogP contribution in [-0.2, 0) is 40.1 Å². The highest BCUT2D eigenvalue weighted by Gasteiger charge is 2.35. The molecule has 0 saturated carbocycles. The van der Waals surface area contributed by atoms with Gasteiger partial charge in [-0.05, 0) is 58.4 Å². The van der Waals surface area contributed by atoms with Gasteiger partial charge in [-0.15, -0.1) is 0 Å². The minimum atomic E-state index is -1.19. The van der Waals surface area contributed by atoms with Gasteiger partial charge >= 0.3 is 6.09 Å². The van der Waals surface area contributed by atoms with Crippen molar-refractivity contribution < 1.29 is 38.3 Å². The molecule has 256 valence electrons. The topological polar surface area (TPSA) is 164 Å². The summed E-state index contributed by atoms with van der Waals surface area (Å²) in [6, 6.07) is 6.25. The van der Waals surface area contributed by atoms with E-state index in [4.69, 9.17) is 14.3 Å². The van der Waals surface area contributed by atoms with Gasteiger partial charge < -0.3 is 30.7 Å². The van der Waals surface area contributed by atoms with E-state index in [1.165, 1.54) is 26.3 Å². The molecule has 1 fully saturated rings. The number of ether oxygens (including phenoxy) is 2. The molecule has 13 nitrogen and oxygen atoms in total. The molecule has 1 aromatic carbocycles. The van der Waals surface area contributed by atoms with Crippen LogP contribution >= 0.6 is 0 Å². The zero-order valence-electron chi connectivity index (χ0n) is 28.3. The van der Waals surface area contributed by atoms with Crippen LogP contribution in [0, 0.1) is 11.8 Å². The molecule has 0 aromatic heterocycles. The minimum Gasteiger partial charge on any atom is -0.445 e. The molecule has 4 N–H and O–H groups in total. The molecule has 2 rings (SSSR count). The average Bonchev–Trinajstić information content (AvgIpc) is 3.39. The van der Waals surface area contributed by atoms with E-state index in [9.17, 15) is 24.0 Å². The van der Waals surface area contributed by atoms with Crippen LogP contribution < -0.4 is 21.3 Å². The van der Waals surface area contributed by atoms with E-state index >= 15 is 0 Å². The maximum atomic E-state index is 13.7. The van der Waals surface area contributed by atoms with E-state index < -0.39 is 53.6 Å². The van der Waals surface area contributed by atoms with Crippen LogP contribution in [0.4, 0.5) is 4.79 Å². The van der Waals surface area contributed by atoms with E-state index in [1.807, 2.05) is 65.0 Å². The third-order valence-electron chi connectivity index (χ3n) is 7.20. The molecule has 2 unspecified atom stereocenters. The van der Waals surface area contributed by atoms with Gasteiger partial charge in [0.25, 0.3) is 5.91 Å². The zero-order chi connectivity index (χ0) is 34.4. The van der Waals surface area contributed by atoms with E-state index in [1.54, 1.807) is 6.92 Å². The number of carbonyl (C=O) groups is 5. The lowest BCUT2D eigenvalue weighted by molar-refractivity contribution is -0.162. The number of hydrogen-bond donors (Lipinski definition) is 4. The first-order valence-electron chi connectivity index (χ1n) is 15.6. The Morgan fingerprint density at radius 3 is 2.28 bits per heavy atom. The molecule has 5 atom stereocenters. The second kappa shape index (κ2) is 18.2. The zero-order valence-corrected chi connectivity index (χ0v) is 28.3. The summed E-state index contributed by atoms with van der Waals surface area (Å²) in [5.74, 6) is -2.06. The fourth-order valence-electron chi connectivity index (χ4n) is 4.92. The Labute approximate surface area is 272 Å². The number of alkyl carbamates (subject to hydrolysis) is 1. The summed E-state index contributed by atoms with van der Waals surface area (Å²) in [5.41, 5.74) is 0.142. The Morgan fingerprint density at radius 2 is 1.72 bits per heavy atom. The molecule has 13 heteroatoms. The van der Waals surface area contributed by atoms with Gasteiger partial charge in [-0.2, -0.15) is 0 Å². The molecule has 1 heterocycles. The first-order valence-corrected chi connectivity index (χ1v) is 15.6. The van der Waals surface area contributed by atoms with Crippen molar-refractivity contribution in [3.05, 3.63) is 48.0 Å². The van der Waals surface area contributed by atoms with Crippen molar-refractivity contribution in [2.45, 2.75) is 97.2 Å². The van der Waals surface area contributed by atoms with Crippen molar-refractivity contribution in [1.29, 1.82) is 0 Å². The maximum Gasteiger partial charge on any atom is 0.408 e. The fraction of sp³-hybridized carbons (Fsp3) is 0.606. The van der Waals surface area contributed by atoms with Crippen LogP contribution in [0.15, 0.2) is 42.5 Å². The highest BCUT2D eigenvalue weighted by Crippen LogP contribution is 2.18. The molecule has 0 spiro atoms. The first kappa shape index (κ1) is 38.2. The van der Waals surface area contributed by atoms with Gasteiger partial charge in [0.2, 0.25) is 17.7 Å². The lowest BCUT2D eigenvalue weighted by atomic mass is 9.96. The molecular weight excluding hydrogens is 594 g/mol. The number of nitrogens with zero attached hydrogens (tertiary/aromatic N) is 1. The number of hydroxylamine groups is 2. The van der Waals surface area contributed by atoms with E-state index in [0.29, 0.717) is 13.0 Å². The lowest BCUT2D eigenvalue weighted by Crippen LogP contribution is -2.59. The third-order valence-corrected chi connectivity index (χ3v) is 7.20. The molecule has 0 aliphatic carbocycles. The summed E-state index contributed by atoms with van der Waals surface area (Å²) in [4.78, 5) is 69.8. The summed E-state index contributed by atoms with van der Waals surface area (Å²) in [6.45, 7) is 11.5. The van der Waals surface area contributed by atoms with E-state index in [0.717, 1.165) is 10.6 Å². The Kier molecular flexibility index (Phi) is 15.2. The minimum absolute atomic E-state index is 0.00446. The quantitative estimate of drug-likeness (QED) is 0.157. The normalized spacial score (nSPS) is 17.5.